The molecule has 0 aliphatic rings. The normalized spacial score (nSPS) is 12.5. The largest absolute Gasteiger partial charge is 0.481 e. The Morgan fingerprint density at radius 3 is 2.00 bits per heavy atom. The first-order valence-electron chi connectivity index (χ1n) is 7.45. The standard InChI is InChI=1S/C13H29N3O4S/c1-5-15(6-2)10-8-11-16(7-3)21(19,20)14(4)12-9-13(17)18/h5-12H2,1-4H3,(H,17,18). The van der Waals surface area contributed by atoms with Gasteiger partial charge in [0.05, 0.1) is 6.42 Å². The molecular weight excluding hydrogens is 294 g/mol. The number of carboxylic acids is 1. The number of carbonyl (C=O) groups is 1. The molecule has 7 nitrogen and oxygen atoms in total. The van der Waals surface area contributed by atoms with E-state index in [1.54, 1.807) is 6.92 Å². The first kappa shape index (κ1) is 20.3. The monoisotopic (exact) mass is 323 g/mol. The van der Waals surface area contributed by atoms with Crippen molar-refractivity contribution in [2.75, 3.05) is 46.3 Å². The summed E-state index contributed by atoms with van der Waals surface area (Å²) in [4.78, 5) is 12.8. The Bertz CT molecular complexity index is 396. The molecule has 0 heterocycles. The Labute approximate surface area is 128 Å². The molecule has 0 aromatic heterocycles. The quantitative estimate of drug-likeness (QED) is 0.571. The van der Waals surface area contributed by atoms with Crippen molar-refractivity contribution >= 4 is 16.2 Å². The Hall–Kier alpha value is -0.700. The fourth-order valence-corrected chi connectivity index (χ4v) is 3.42. The molecule has 0 amide bonds. The Morgan fingerprint density at radius 1 is 1.00 bits per heavy atom. The smallest absolute Gasteiger partial charge is 0.304 e. The van der Waals surface area contributed by atoms with E-state index in [1.807, 2.05) is 0 Å². The lowest BCUT2D eigenvalue weighted by Gasteiger charge is -2.27. The van der Waals surface area contributed by atoms with E-state index in [0.717, 1.165) is 30.4 Å². The lowest BCUT2D eigenvalue weighted by molar-refractivity contribution is -0.137. The average Bonchev–Trinajstić information content (AvgIpc) is 2.44. The molecule has 0 rings (SSSR count). The van der Waals surface area contributed by atoms with Crippen LogP contribution < -0.4 is 0 Å². The van der Waals surface area contributed by atoms with E-state index in [1.165, 1.54) is 11.4 Å². The van der Waals surface area contributed by atoms with Gasteiger partial charge >= 0.3 is 5.97 Å². The summed E-state index contributed by atoms with van der Waals surface area (Å²) in [5, 5.41) is 8.64. The number of nitrogens with zero attached hydrogens (tertiary/aromatic N) is 3. The summed E-state index contributed by atoms with van der Waals surface area (Å²) in [6.45, 7) is 9.55. The maximum atomic E-state index is 12.3. The second-order valence-corrected chi connectivity index (χ2v) is 6.88. The first-order chi connectivity index (χ1) is 9.79. The predicted molar refractivity (Wildman–Crippen MR) is 83.5 cm³/mol. The van der Waals surface area contributed by atoms with E-state index in [0.29, 0.717) is 13.1 Å². The molecule has 0 radical (unpaired) electrons. The van der Waals surface area contributed by atoms with Crippen LogP contribution in [0.2, 0.25) is 0 Å². The molecule has 0 fully saturated rings. The highest BCUT2D eigenvalue weighted by Crippen LogP contribution is 2.08. The van der Waals surface area contributed by atoms with Crippen molar-refractivity contribution in [3.8, 4) is 0 Å². The van der Waals surface area contributed by atoms with Crippen molar-refractivity contribution in [3.63, 3.8) is 0 Å². The van der Waals surface area contributed by atoms with Gasteiger partial charge in [0.15, 0.2) is 0 Å². The molecule has 1 N–H and O–H groups in total. The Balaban J connectivity index is 4.51. The van der Waals surface area contributed by atoms with E-state index >= 15 is 0 Å². The molecule has 8 heteroatoms. The van der Waals surface area contributed by atoms with Gasteiger partial charge in [0, 0.05) is 26.7 Å². The average molecular weight is 323 g/mol. The van der Waals surface area contributed by atoms with Crippen molar-refractivity contribution in [2.24, 2.45) is 0 Å². The highest BCUT2D eigenvalue weighted by Gasteiger charge is 2.25. The van der Waals surface area contributed by atoms with Gasteiger partial charge in [-0.2, -0.15) is 17.0 Å². The van der Waals surface area contributed by atoms with Crippen LogP contribution in [0.3, 0.4) is 0 Å². The van der Waals surface area contributed by atoms with Gasteiger partial charge in [0.2, 0.25) is 0 Å². The summed E-state index contributed by atoms with van der Waals surface area (Å²) >= 11 is 0. The topological polar surface area (TPSA) is 81.2 Å². The van der Waals surface area contributed by atoms with Gasteiger partial charge in [-0.05, 0) is 26.1 Å². The zero-order valence-corrected chi connectivity index (χ0v) is 14.4. The zero-order chi connectivity index (χ0) is 16.5. The van der Waals surface area contributed by atoms with Crippen LogP contribution in [0.5, 0.6) is 0 Å². The summed E-state index contributed by atoms with van der Waals surface area (Å²) in [5.74, 6) is -0.998. The van der Waals surface area contributed by atoms with Gasteiger partial charge in [-0.3, -0.25) is 4.79 Å². The highest BCUT2D eigenvalue weighted by molar-refractivity contribution is 7.86. The zero-order valence-electron chi connectivity index (χ0n) is 13.6. The molecule has 0 aromatic carbocycles. The van der Waals surface area contributed by atoms with Gasteiger partial charge in [-0.1, -0.05) is 20.8 Å². The molecule has 0 saturated heterocycles. The minimum Gasteiger partial charge on any atom is -0.481 e. The van der Waals surface area contributed by atoms with Crippen LogP contribution in [0.4, 0.5) is 0 Å². The van der Waals surface area contributed by atoms with E-state index in [4.69, 9.17) is 5.11 Å². The molecule has 0 saturated carbocycles. The van der Waals surface area contributed by atoms with Crippen LogP contribution in [-0.2, 0) is 15.0 Å². The van der Waals surface area contributed by atoms with Crippen molar-refractivity contribution in [1.29, 1.82) is 0 Å². The molecule has 0 aliphatic carbocycles. The third kappa shape index (κ3) is 7.21. The predicted octanol–water partition coefficient (Wildman–Crippen LogP) is 0.692. The third-order valence-electron chi connectivity index (χ3n) is 3.49. The highest BCUT2D eigenvalue weighted by atomic mass is 32.2. The van der Waals surface area contributed by atoms with Crippen molar-refractivity contribution in [2.45, 2.75) is 33.6 Å². The van der Waals surface area contributed by atoms with Crippen molar-refractivity contribution in [3.05, 3.63) is 0 Å². The number of carboxylic acid groups (broad SMARTS) is 1. The Morgan fingerprint density at radius 2 is 1.57 bits per heavy atom. The van der Waals surface area contributed by atoms with Crippen molar-refractivity contribution in [1.82, 2.24) is 13.5 Å². The minimum absolute atomic E-state index is 0.00971. The first-order valence-corrected chi connectivity index (χ1v) is 8.84. The van der Waals surface area contributed by atoms with Crippen LogP contribution in [0.25, 0.3) is 0 Å². The van der Waals surface area contributed by atoms with Crippen LogP contribution >= 0.6 is 0 Å². The summed E-state index contributed by atoms with van der Waals surface area (Å²) < 4.78 is 27.2. The van der Waals surface area contributed by atoms with Crippen LogP contribution in [0.15, 0.2) is 0 Å². The number of aliphatic carboxylic acids is 1. The summed E-state index contributed by atoms with van der Waals surface area (Å²) in [6.07, 6.45) is 0.578. The summed E-state index contributed by atoms with van der Waals surface area (Å²) in [7, 11) is -2.15. The molecule has 0 unspecified atom stereocenters. The summed E-state index contributed by atoms with van der Waals surface area (Å²) in [5.41, 5.74) is 0. The third-order valence-corrected chi connectivity index (χ3v) is 5.55. The lowest BCUT2D eigenvalue weighted by Crippen LogP contribution is -2.43. The molecule has 0 bridgehead atoms. The second kappa shape index (κ2) is 10.1. The molecule has 0 atom stereocenters. The number of hydrogen-bond acceptors (Lipinski definition) is 4. The molecular formula is C13H29N3O4S. The fourth-order valence-electron chi connectivity index (χ4n) is 2.01. The molecule has 126 valence electrons. The number of rotatable bonds is 12. The molecule has 0 spiro atoms. The van der Waals surface area contributed by atoms with Gasteiger partial charge < -0.3 is 10.0 Å². The minimum atomic E-state index is -3.57. The van der Waals surface area contributed by atoms with E-state index in [9.17, 15) is 13.2 Å². The van der Waals surface area contributed by atoms with Gasteiger partial charge in [0.25, 0.3) is 10.2 Å². The maximum Gasteiger partial charge on any atom is 0.304 e. The Kier molecular flexibility index (Phi) is 9.76. The molecule has 0 aromatic rings. The van der Waals surface area contributed by atoms with E-state index < -0.39 is 16.2 Å². The maximum absolute atomic E-state index is 12.3. The van der Waals surface area contributed by atoms with Gasteiger partial charge in [-0.25, -0.2) is 0 Å². The van der Waals surface area contributed by atoms with Crippen LogP contribution in [0.1, 0.15) is 33.6 Å². The lowest BCUT2D eigenvalue weighted by atomic mass is 10.3. The number of hydrogen-bond donors (Lipinski definition) is 1. The second-order valence-electron chi connectivity index (χ2n) is 4.85. The van der Waals surface area contributed by atoms with E-state index in [2.05, 4.69) is 18.7 Å². The van der Waals surface area contributed by atoms with Gasteiger partial charge in [0.1, 0.15) is 0 Å². The van der Waals surface area contributed by atoms with Crippen LogP contribution in [-0.4, -0.2) is 79.3 Å². The van der Waals surface area contributed by atoms with Gasteiger partial charge in [-0.15, -0.1) is 0 Å². The molecule has 21 heavy (non-hydrogen) atoms. The van der Waals surface area contributed by atoms with E-state index in [-0.39, 0.29) is 13.0 Å². The van der Waals surface area contributed by atoms with Crippen LogP contribution in [0, 0.1) is 0 Å². The molecule has 0 aliphatic heterocycles. The SMILES string of the molecule is CCN(CC)CCCN(CC)S(=O)(=O)N(C)CCC(=O)O. The van der Waals surface area contributed by atoms with Crippen molar-refractivity contribution < 1.29 is 18.3 Å². The summed E-state index contributed by atoms with van der Waals surface area (Å²) in [6, 6.07) is 0. The fraction of sp³-hybridized carbons (Fsp3) is 0.923.